The Morgan fingerprint density at radius 1 is 1.24 bits per heavy atom. The van der Waals surface area contributed by atoms with Crippen LogP contribution in [0.1, 0.15) is 59.8 Å². The van der Waals surface area contributed by atoms with Gasteiger partial charge in [0.15, 0.2) is 0 Å². The van der Waals surface area contributed by atoms with Crippen LogP contribution in [0.5, 0.6) is 0 Å². The van der Waals surface area contributed by atoms with E-state index < -0.39 is 29.9 Å². The summed E-state index contributed by atoms with van der Waals surface area (Å²) >= 11 is 0. The molecule has 2 N–H and O–H groups in total. The number of carbonyl (C=O) groups is 1. The van der Waals surface area contributed by atoms with Crippen molar-refractivity contribution >= 4 is 5.97 Å². The number of allylic oxidation sites excluding steroid dienone is 1. The van der Waals surface area contributed by atoms with Gasteiger partial charge < -0.3 is 19.7 Å². The molecule has 5 heteroatoms. The lowest BCUT2D eigenvalue weighted by Gasteiger charge is -2.35. The second kappa shape index (κ2) is 6.86. The van der Waals surface area contributed by atoms with Crippen molar-refractivity contribution in [3.63, 3.8) is 0 Å². The molecule has 3 aliphatic heterocycles. The summed E-state index contributed by atoms with van der Waals surface area (Å²) < 4.78 is 11.7. The molecule has 25 heavy (non-hydrogen) atoms. The van der Waals surface area contributed by atoms with Gasteiger partial charge in [-0.15, -0.1) is 0 Å². The van der Waals surface area contributed by atoms with Crippen LogP contribution in [0.25, 0.3) is 0 Å². The smallest absolute Gasteiger partial charge is 0.334 e. The van der Waals surface area contributed by atoms with Gasteiger partial charge in [-0.25, -0.2) is 4.79 Å². The predicted octanol–water partition coefficient (Wildman–Crippen LogP) is 2.65. The van der Waals surface area contributed by atoms with Crippen molar-refractivity contribution in [1.29, 1.82) is 0 Å². The van der Waals surface area contributed by atoms with Gasteiger partial charge in [-0.1, -0.05) is 18.6 Å². The second-order valence-corrected chi connectivity index (χ2v) is 8.18. The Kier molecular flexibility index (Phi) is 5.11. The van der Waals surface area contributed by atoms with Crippen LogP contribution in [0.2, 0.25) is 0 Å². The van der Waals surface area contributed by atoms with Crippen LogP contribution < -0.4 is 0 Å². The van der Waals surface area contributed by atoms with E-state index in [0.29, 0.717) is 29.9 Å². The van der Waals surface area contributed by atoms with Crippen molar-refractivity contribution in [3.8, 4) is 0 Å². The lowest BCUT2D eigenvalue weighted by atomic mass is 9.84. The van der Waals surface area contributed by atoms with Crippen LogP contribution in [0.4, 0.5) is 0 Å². The molecule has 0 aliphatic carbocycles. The molecule has 3 aliphatic rings. The molecule has 0 spiro atoms. The summed E-state index contributed by atoms with van der Waals surface area (Å²) in [6.45, 7) is 7.73. The minimum absolute atomic E-state index is 0.0913. The Balaban J connectivity index is 1.97. The van der Waals surface area contributed by atoms with E-state index in [0.717, 1.165) is 24.8 Å². The topological polar surface area (TPSA) is 76.0 Å². The zero-order chi connectivity index (χ0) is 18.4. The average molecular weight is 350 g/mol. The lowest BCUT2D eigenvalue weighted by Crippen LogP contribution is -2.49. The SMILES string of the molecule is CC1=C2[C@@H](O)[C@H](O)[C@@]3(C)CC[C@H](O3)[C@H](C)CC/C=C(\C)C[C@H]2OC1=O. The van der Waals surface area contributed by atoms with Gasteiger partial charge in [0, 0.05) is 17.6 Å². The fourth-order valence-electron chi connectivity index (χ4n) is 4.37. The fourth-order valence-corrected chi connectivity index (χ4v) is 4.37. The van der Waals surface area contributed by atoms with Crippen LogP contribution in [0, 0.1) is 5.92 Å². The second-order valence-electron chi connectivity index (χ2n) is 8.18. The predicted molar refractivity (Wildman–Crippen MR) is 93.9 cm³/mol. The standard InChI is InChI=1S/C20H30O5/c1-11-6-5-7-12(2)14-8-9-20(4,25-14)18(22)17(21)16-13(3)19(23)24-15(16)10-11/h6,12,14-15,17-18,21-22H,5,7-10H2,1-4H3/b11-6+/t12-,14+,15-,17-,18+,20-/m1/s1. The molecule has 2 bridgehead atoms. The van der Waals surface area contributed by atoms with E-state index in [2.05, 4.69) is 13.0 Å². The molecule has 140 valence electrons. The van der Waals surface area contributed by atoms with Gasteiger partial charge in [0.1, 0.15) is 18.3 Å². The summed E-state index contributed by atoms with van der Waals surface area (Å²) in [6, 6.07) is 0. The molecule has 0 saturated carbocycles. The highest BCUT2D eigenvalue weighted by molar-refractivity contribution is 5.92. The van der Waals surface area contributed by atoms with Crippen molar-refractivity contribution in [2.75, 3.05) is 0 Å². The summed E-state index contributed by atoms with van der Waals surface area (Å²) in [4.78, 5) is 12.0. The van der Waals surface area contributed by atoms with Crippen LogP contribution in [-0.2, 0) is 14.3 Å². The fraction of sp³-hybridized carbons (Fsp3) is 0.750. The Bertz CT molecular complexity index is 607. The first-order chi connectivity index (χ1) is 11.7. The number of esters is 1. The molecule has 1 fully saturated rings. The summed E-state index contributed by atoms with van der Waals surface area (Å²) in [6.07, 6.45) is 3.61. The summed E-state index contributed by atoms with van der Waals surface area (Å²) in [5.74, 6) is -0.00983. The molecule has 6 atom stereocenters. The molecule has 0 aromatic heterocycles. The minimum atomic E-state index is -1.16. The number of hydrogen-bond acceptors (Lipinski definition) is 5. The maximum atomic E-state index is 12.0. The van der Waals surface area contributed by atoms with E-state index in [9.17, 15) is 15.0 Å². The third-order valence-corrected chi connectivity index (χ3v) is 6.18. The average Bonchev–Trinajstić information content (AvgIpc) is 3.07. The number of rotatable bonds is 0. The number of ether oxygens (including phenoxy) is 2. The van der Waals surface area contributed by atoms with Gasteiger partial charge in [-0.05, 0) is 52.4 Å². The third-order valence-electron chi connectivity index (χ3n) is 6.18. The van der Waals surface area contributed by atoms with Crippen LogP contribution in [0.15, 0.2) is 22.8 Å². The molecular formula is C20H30O5. The van der Waals surface area contributed by atoms with E-state index >= 15 is 0 Å². The Hall–Kier alpha value is -1.17. The summed E-state index contributed by atoms with van der Waals surface area (Å²) in [5.41, 5.74) is 1.24. The first-order valence-electron chi connectivity index (χ1n) is 9.34. The maximum absolute atomic E-state index is 12.0. The highest BCUT2D eigenvalue weighted by Gasteiger charge is 2.49. The van der Waals surface area contributed by atoms with E-state index in [1.807, 2.05) is 13.8 Å². The van der Waals surface area contributed by atoms with Gasteiger partial charge >= 0.3 is 5.97 Å². The molecule has 0 radical (unpaired) electrons. The first-order valence-corrected chi connectivity index (χ1v) is 9.34. The highest BCUT2D eigenvalue weighted by Crippen LogP contribution is 2.41. The van der Waals surface area contributed by atoms with E-state index in [1.54, 1.807) is 6.92 Å². The maximum Gasteiger partial charge on any atom is 0.334 e. The molecule has 0 unspecified atom stereocenters. The Labute approximate surface area is 149 Å². The van der Waals surface area contributed by atoms with Crippen LogP contribution >= 0.6 is 0 Å². The van der Waals surface area contributed by atoms with Crippen molar-refractivity contribution in [2.24, 2.45) is 5.92 Å². The molecule has 0 aromatic rings. The van der Waals surface area contributed by atoms with Gasteiger partial charge in [-0.2, -0.15) is 0 Å². The minimum Gasteiger partial charge on any atom is -0.454 e. The van der Waals surface area contributed by atoms with Gasteiger partial charge in [0.2, 0.25) is 0 Å². The zero-order valence-electron chi connectivity index (χ0n) is 15.6. The monoisotopic (exact) mass is 350 g/mol. The van der Waals surface area contributed by atoms with Gasteiger partial charge in [0.05, 0.1) is 11.7 Å². The number of aliphatic hydroxyl groups is 2. The molecule has 1 saturated heterocycles. The molecule has 0 amide bonds. The molecule has 5 nitrogen and oxygen atoms in total. The molecule has 3 rings (SSSR count). The zero-order valence-corrected chi connectivity index (χ0v) is 15.6. The first kappa shape index (κ1) is 18.6. The quantitative estimate of drug-likeness (QED) is 0.519. The largest absolute Gasteiger partial charge is 0.454 e. The van der Waals surface area contributed by atoms with E-state index in [-0.39, 0.29) is 6.10 Å². The lowest BCUT2D eigenvalue weighted by molar-refractivity contribution is -0.146. The normalized spacial score (nSPS) is 45.0. The number of fused-ring (bicyclic) bond motifs is 3. The number of carbonyl (C=O) groups excluding carboxylic acids is 1. The Morgan fingerprint density at radius 2 is 1.96 bits per heavy atom. The molecular weight excluding hydrogens is 320 g/mol. The Morgan fingerprint density at radius 3 is 2.68 bits per heavy atom. The van der Waals surface area contributed by atoms with Crippen molar-refractivity contribution in [3.05, 3.63) is 22.8 Å². The van der Waals surface area contributed by atoms with Gasteiger partial charge in [-0.3, -0.25) is 0 Å². The highest BCUT2D eigenvalue weighted by atomic mass is 16.6. The molecule has 3 heterocycles. The van der Waals surface area contributed by atoms with Crippen molar-refractivity contribution in [2.45, 2.75) is 89.8 Å². The van der Waals surface area contributed by atoms with Gasteiger partial charge in [0.25, 0.3) is 0 Å². The van der Waals surface area contributed by atoms with E-state index in [1.165, 1.54) is 0 Å². The van der Waals surface area contributed by atoms with E-state index in [4.69, 9.17) is 9.47 Å². The molecule has 0 aromatic carbocycles. The van der Waals surface area contributed by atoms with Crippen molar-refractivity contribution < 1.29 is 24.5 Å². The summed E-state index contributed by atoms with van der Waals surface area (Å²) in [7, 11) is 0. The third kappa shape index (κ3) is 3.42. The number of hydrogen-bond donors (Lipinski definition) is 2. The van der Waals surface area contributed by atoms with Crippen LogP contribution in [0.3, 0.4) is 0 Å². The summed E-state index contributed by atoms with van der Waals surface area (Å²) in [5, 5.41) is 21.8. The van der Waals surface area contributed by atoms with Crippen LogP contribution in [-0.4, -0.2) is 46.2 Å². The van der Waals surface area contributed by atoms with Crippen molar-refractivity contribution in [1.82, 2.24) is 0 Å². The number of aliphatic hydroxyl groups excluding tert-OH is 2.